The van der Waals surface area contributed by atoms with Crippen LogP contribution in [0.25, 0.3) is 5.69 Å². The van der Waals surface area contributed by atoms with Gasteiger partial charge in [0.25, 0.3) is 0 Å². The highest BCUT2D eigenvalue weighted by Gasteiger charge is 2.32. The quantitative estimate of drug-likeness (QED) is 0.835. The lowest BCUT2D eigenvalue weighted by atomic mass is 9.91. The summed E-state index contributed by atoms with van der Waals surface area (Å²) in [5.74, 6) is 0.201. The van der Waals surface area contributed by atoms with E-state index in [1.165, 1.54) is 10.7 Å². The predicted octanol–water partition coefficient (Wildman–Crippen LogP) is 3.93. The maximum atomic E-state index is 12.9. The van der Waals surface area contributed by atoms with E-state index in [4.69, 9.17) is 5.73 Å². The van der Waals surface area contributed by atoms with Crippen molar-refractivity contribution in [2.45, 2.75) is 32.4 Å². The van der Waals surface area contributed by atoms with Crippen LogP contribution in [0.15, 0.2) is 22.7 Å². The summed E-state index contributed by atoms with van der Waals surface area (Å²) in [5, 5.41) is 7.66. The van der Waals surface area contributed by atoms with Crippen LogP contribution < -0.4 is 5.73 Å². The van der Waals surface area contributed by atoms with Crippen molar-refractivity contribution in [3.63, 3.8) is 0 Å². The Morgan fingerprint density at radius 3 is 2.33 bits per heavy atom. The van der Waals surface area contributed by atoms with Crippen LogP contribution >= 0.6 is 15.9 Å². The van der Waals surface area contributed by atoms with E-state index < -0.39 is 17.2 Å². The van der Waals surface area contributed by atoms with E-state index in [1.54, 1.807) is 0 Å². The van der Waals surface area contributed by atoms with Gasteiger partial charge in [-0.1, -0.05) is 26.0 Å². The molecular weight excluding hydrogens is 349 g/mol. The highest BCUT2D eigenvalue weighted by atomic mass is 79.9. The zero-order valence-corrected chi connectivity index (χ0v) is 13.2. The lowest BCUT2D eigenvalue weighted by Gasteiger charge is -2.21. The zero-order chi connectivity index (χ0) is 16.0. The summed E-state index contributed by atoms with van der Waals surface area (Å²) in [5.41, 5.74) is 5.44. The second-order valence-electron chi connectivity index (χ2n) is 5.65. The van der Waals surface area contributed by atoms with Crippen molar-refractivity contribution in [3.8, 4) is 5.69 Å². The normalized spacial score (nSPS) is 12.7. The smallest absolute Gasteiger partial charge is 0.381 e. The first-order chi connectivity index (χ1) is 9.51. The van der Waals surface area contributed by atoms with Crippen molar-refractivity contribution in [1.29, 1.82) is 0 Å². The van der Waals surface area contributed by atoms with Gasteiger partial charge in [-0.25, -0.2) is 4.68 Å². The molecule has 0 aliphatic rings. The highest BCUT2D eigenvalue weighted by molar-refractivity contribution is 9.10. The number of nitrogens with two attached hydrogens (primary N) is 1. The SMILES string of the molecule is CC(C)(C)c1c(N)nnn1-c1cc(C(F)(F)F)ccc1Br. The summed E-state index contributed by atoms with van der Waals surface area (Å²) in [6.07, 6.45) is -4.43. The van der Waals surface area contributed by atoms with Gasteiger partial charge in [0.05, 0.1) is 16.9 Å². The predicted molar refractivity (Wildman–Crippen MR) is 77.2 cm³/mol. The molecule has 0 spiro atoms. The Balaban J connectivity index is 2.68. The molecule has 0 amide bonds. The molecule has 1 aromatic heterocycles. The highest BCUT2D eigenvalue weighted by Crippen LogP contribution is 2.35. The first-order valence-corrected chi connectivity index (χ1v) is 6.90. The topological polar surface area (TPSA) is 56.7 Å². The molecule has 2 rings (SSSR count). The van der Waals surface area contributed by atoms with E-state index >= 15 is 0 Å². The molecule has 2 N–H and O–H groups in total. The molecular formula is C13H14BrF3N4. The Kier molecular flexibility index (Phi) is 3.77. The average Bonchev–Trinajstić information content (AvgIpc) is 2.69. The molecule has 0 radical (unpaired) electrons. The van der Waals surface area contributed by atoms with Crippen LogP contribution in [-0.2, 0) is 11.6 Å². The van der Waals surface area contributed by atoms with Crippen LogP contribution in [0.1, 0.15) is 32.0 Å². The third-order valence-corrected chi connectivity index (χ3v) is 3.58. The molecule has 21 heavy (non-hydrogen) atoms. The zero-order valence-electron chi connectivity index (χ0n) is 11.7. The van der Waals surface area contributed by atoms with Gasteiger partial charge in [-0.3, -0.25) is 0 Å². The fourth-order valence-electron chi connectivity index (χ4n) is 2.02. The van der Waals surface area contributed by atoms with Gasteiger partial charge in [0.2, 0.25) is 0 Å². The van der Waals surface area contributed by atoms with Crippen molar-refractivity contribution in [1.82, 2.24) is 15.0 Å². The molecule has 114 valence electrons. The van der Waals surface area contributed by atoms with E-state index in [-0.39, 0.29) is 11.5 Å². The second-order valence-corrected chi connectivity index (χ2v) is 6.50. The minimum Gasteiger partial charge on any atom is -0.381 e. The number of hydrogen-bond donors (Lipinski definition) is 1. The van der Waals surface area contributed by atoms with Gasteiger partial charge in [-0.2, -0.15) is 13.2 Å². The van der Waals surface area contributed by atoms with Crippen molar-refractivity contribution < 1.29 is 13.2 Å². The monoisotopic (exact) mass is 362 g/mol. The van der Waals surface area contributed by atoms with Gasteiger partial charge >= 0.3 is 6.18 Å². The maximum absolute atomic E-state index is 12.9. The molecule has 1 heterocycles. The van der Waals surface area contributed by atoms with E-state index in [1.807, 2.05) is 20.8 Å². The largest absolute Gasteiger partial charge is 0.416 e. The number of hydrogen-bond acceptors (Lipinski definition) is 3. The van der Waals surface area contributed by atoms with Gasteiger partial charge in [-0.05, 0) is 34.1 Å². The lowest BCUT2D eigenvalue weighted by molar-refractivity contribution is -0.137. The Labute approximate surface area is 128 Å². The molecule has 0 bridgehead atoms. The molecule has 4 nitrogen and oxygen atoms in total. The minimum absolute atomic E-state index is 0.201. The van der Waals surface area contributed by atoms with Crippen molar-refractivity contribution >= 4 is 21.7 Å². The fraction of sp³-hybridized carbons (Fsp3) is 0.385. The Hall–Kier alpha value is -1.57. The van der Waals surface area contributed by atoms with Crippen LogP contribution in [0.5, 0.6) is 0 Å². The third kappa shape index (κ3) is 3.04. The summed E-state index contributed by atoms with van der Waals surface area (Å²) in [7, 11) is 0. The lowest BCUT2D eigenvalue weighted by Crippen LogP contribution is -2.19. The standard InChI is InChI=1S/C13H14BrF3N4/c1-12(2,3)10-11(18)19-20-21(10)9-6-7(13(15,16)17)4-5-8(9)14/h4-6H,18H2,1-3H3. The molecule has 0 aliphatic carbocycles. The first-order valence-electron chi connectivity index (χ1n) is 6.10. The molecule has 2 aromatic rings. The molecule has 0 aliphatic heterocycles. The van der Waals surface area contributed by atoms with Crippen LogP contribution in [0.4, 0.5) is 19.0 Å². The third-order valence-electron chi connectivity index (χ3n) is 2.91. The van der Waals surface area contributed by atoms with Gasteiger partial charge in [0.15, 0.2) is 5.82 Å². The van der Waals surface area contributed by atoms with Gasteiger partial charge in [0, 0.05) is 9.89 Å². The first kappa shape index (κ1) is 15.8. The summed E-state index contributed by atoms with van der Waals surface area (Å²) < 4.78 is 40.4. The van der Waals surface area contributed by atoms with Crippen LogP contribution in [0.2, 0.25) is 0 Å². The number of nitrogen functional groups attached to an aromatic ring is 1. The van der Waals surface area contributed by atoms with Gasteiger partial charge in [0.1, 0.15) is 0 Å². The average molecular weight is 363 g/mol. The Morgan fingerprint density at radius 2 is 1.81 bits per heavy atom. The maximum Gasteiger partial charge on any atom is 0.416 e. The van der Waals surface area contributed by atoms with Crippen molar-refractivity contribution in [3.05, 3.63) is 33.9 Å². The molecule has 0 saturated heterocycles. The molecule has 1 aromatic carbocycles. The number of alkyl halides is 3. The number of nitrogens with zero attached hydrogens (tertiary/aromatic N) is 3. The Bertz CT molecular complexity index is 671. The van der Waals surface area contributed by atoms with Crippen molar-refractivity contribution in [2.75, 3.05) is 5.73 Å². The summed E-state index contributed by atoms with van der Waals surface area (Å²) in [4.78, 5) is 0. The van der Waals surface area contributed by atoms with E-state index in [0.717, 1.165) is 12.1 Å². The molecule has 0 atom stereocenters. The number of halogens is 4. The van der Waals surface area contributed by atoms with E-state index in [0.29, 0.717) is 10.2 Å². The second kappa shape index (κ2) is 5.01. The van der Waals surface area contributed by atoms with E-state index in [2.05, 4.69) is 26.2 Å². The van der Waals surface area contributed by atoms with Gasteiger partial charge < -0.3 is 5.73 Å². The fourth-order valence-corrected chi connectivity index (χ4v) is 2.43. The summed E-state index contributed by atoms with van der Waals surface area (Å²) in [6, 6.07) is 3.36. The van der Waals surface area contributed by atoms with Crippen LogP contribution in [0, 0.1) is 0 Å². The van der Waals surface area contributed by atoms with Crippen LogP contribution in [0.3, 0.4) is 0 Å². The summed E-state index contributed by atoms with van der Waals surface area (Å²) in [6.45, 7) is 5.67. The van der Waals surface area contributed by atoms with Gasteiger partial charge in [-0.15, -0.1) is 5.10 Å². The molecule has 8 heteroatoms. The summed E-state index contributed by atoms with van der Waals surface area (Å²) >= 11 is 3.25. The molecule has 0 fully saturated rings. The Morgan fingerprint density at radius 1 is 1.19 bits per heavy atom. The number of aromatic nitrogens is 3. The van der Waals surface area contributed by atoms with Crippen molar-refractivity contribution in [2.24, 2.45) is 0 Å². The van der Waals surface area contributed by atoms with Crippen LogP contribution in [-0.4, -0.2) is 15.0 Å². The number of anilines is 1. The molecule has 0 saturated carbocycles. The minimum atomic E-state index is -4.43. The number of benzene rings is 1. The van der Waals surface area contributed by atoms with E-state index in [9.17, 15) is 13.2 Å². The molecule has 0 unspecified atom stereocenters. The number of rotatable bonds is 1.